The zero-order valence-corrected chi connectivity index (χ0v) is 14.0. The van der Waals surface area contributed by atoms with Gasteiger partial charge in [0.1, 0.15) is 0 Å². The predicted octanol–water partition coefficient (Wildman–Crippen LogP) is 3.07. The molecule has 1 aliphatic carbocycles. The summed E-state index contributed by atoms with van der Waals surface area (Å²) in [4.78, 5) is 17.0. The van der Waals surface area contributed by atoms with Crippen LogP contribution >= 0.6 is 0 Å². The zero-order chi connectivity index (χ0) is 16.7. The monoisotopic (exact) mass is 328 g/mol. The normalized spacial score (nSPS) is 23.5. The van der Waals surface area contributed by atoms with E-state index in [9.17, 15) is 4.79 Å². The van der Waals surface area contributed by atoms with Gasteiger partial charge in [-0.05, 0) is 43.9 Å². The maximum atomic E-state index is 11.1. The molecule has 1 unspecified atom stereocenters. The van der Waals surface area contributed by atoms with Crippen LogP contribution in [0.1, 0.15) is 36.9 Å². The van der Waals surface area contributed by atoms with Crippen LogP contribution in [-0.2, 0) is 16.1 Å². The van der Waals surface area contributed by atoms with Crippen molar-refractivity contribution in [2.45, 2.75) is 50.9 Å². The number of aromatic nitrogens is 1. The number of aliphatic carboxylic acids is 1. The Labute approximate surface area is 141 Å². The van der Waals surface area contributed by atoms with Crippen LogP contribution in [0.25, 0.3) is 10.9 Å². The van der Waals surface area contributed by atoms with Crippen LogP contribution in [0.3, 0.4) is 0 Å². The minimum atomic E-state index is -0.780. The third kappa shape index (κ3) is 2.94. The fraction of sp³-hybridized carbons (Fsp3) is 0.526. The third-order valence-electron chi connectivity index (χ3n) is 5.39. The number of aromatic amines is 1. The van der Waals surface area contributed by atoms with E-state index in [-0.39, 0.29) is 18.1 Å². The van der Waals surface area contributed by atoms with Crippen LogP contribution in [0, 0.1) is 6.92 Å². The topological polar surface area (TPSA) is 65.6 Å². The lowest BCUT2D eigenvalue weighted by Gasteiger charge is -2.51. The van der Waals surface area contributed by atoms with Crippen molar-refractivity contribution >= 4 is 16.9 Å². The Hall–Kier alpha value is -1.85. The smallest absolute Gasteiger partial charge is 0.306 e. The Morgan fingerprint density at radius 3 is 2.96 bits per heavy atom. The fourth-order valence-electron chi connectivity index (χ4n) is 4.15. The summed E-state index contributed by atoms with van der Waals surface area (Å²) in [5.41, 5.74) is 3.51. The lowest BCUT2D eigenvalue weighted by atomic mass is 9.78. The van der Waals surface area contributed by atoms with Gasteiger partial charge in [-0.1, -0.05) is 12.1 Å². The molecule has 1 aromatic carbocycles. The van der Waals surface area contributed by atoms with Crippen LogP contribution < -0.4 is 0 Å². The molecule has 2 fully saturated rings. The lowest BCUT2D eigenvalue weighted by Crippen LogP contribution is -2.58. The highest BCUT2D eigenvalue weighted by molar-refractivity contribution is 5.83. The van der Waals surface area contributed by atoms with Crippen molar-refractivity contribution in [2.24, 2.45) is 0 Å². The molecule has 128 valence electrons. The highest BCUT2D eigenvalue weighted by Crippen LogP contribution is 2.40. The number of carboxylic acids is 1. The number of nitrogens with zero attached hydrogens (tertiary/aromatic N) is 1. The van der Waals surface area contributed by atoms with Gasteiger partial charge in [0, 0.05) is 36.2 Å². The van der Waals surface area contributed by atoms with Crippen molar-refractivity contribution in [1.82, 2.24) is 9.88 Å². The van der Waals surface area contributed by atoms with Gasteiger partial charge >= 0.3 is 5.97 Å². The number of ether oxygens (including phenoxy) is 1. The summed E-state index contributed by atoms with van der Waals surface area (Å²) in [6.45, 7) is 4.52. The average molecular weight is 328 g/mol. The predicted molar refractivity (Wildman–Crippen MR) is 92.0 cm³/mol. The first kappa shape index (κ1) is 15.7. The minimum absolute atomic E-state index is 0.0874. The van der Waals surface area contributed by atoms with Crippen LogP contribution in [0.2, 0.25) is 0 Å². The maximum absolute atomic E-state index is 11.1. The molecule has 1 aromatic heterocycles. The molecule has 0 bridgehead atoms. The highest BCUT2D eigenvalue weighted by Gasteiger charge is 2.45. The summed E-state index contributed by atoms with van der Waals surface area (Å²) < 4.78 is 6.13. The van der Waals surface area contributed by atoms with Crippen molar-refractivity contribution in [3.8, 4) is 0 Å². The Morgan fingerprint density at radius 2 is 2.29 bits per heavy atom. The molecular formula is C19H24N2O3. The molecule has 1 saturated carbocycles. The number of hydrogen-bond donors (Lipinski definition) is 2. The SMILES string of the molecule is Cc1cccc2[nH]c(CN3CC(CC(=O)O)OC4(CCC4)C3)cc12. The second-order valence-electron chi connectivity index (χ2n) is 7.37. The second-order valence-corrected chi connectivity index (χ2v) is 7.37. The summed E-state index contributed by atoms with van der Waals surface area (Å²) in [6.07, 6.45) is 3.16. The average Bonchev–Trinajstić information content (AvgIpc) is 2.88. The maximum Gasteiger partial charge on any atom is 0.306 e. The number of morpholine rings is 1. The molecule has 0 radical (unpaired) electrons. The van der Waals surface area contributed by atoms with Gasteiger partial charge in [0.2, 0.25) is 0 Å². The van der Waals surface area contributed by atoms with Crippen molar-refractivity contribution in [1.29, 1.82) is 0 Å². The number of H-pyrrole nitrogens is 1. The summed E-state index contributed by atoms with van der Waals surface area (Å²) >= 11 is 0. The van der Waals surface area contributed by atoms with Gasteiger partial charge in [-0.3, -0.25) is 9.69 Å². The number of carbonyl (C=O) groups is 1. The fourth-order valence-corrected chi connectivity index (χ4v) is 4.15. The zero-order valence-electron chi connectivity index (χ0n) is 14.0. The molecule has 5 heteroatoms. The molecule has 1 aliphatic heterocycles. The van der Waals surface area contributed by atoms with Crippen LogP contribution in [-0.4, -0.2) is 45.8 Å². The van der Waals surface area contributed by atoms with E-state index >= 15 is 0 Å². The molecule has 5 nitrogen and oxygen atoms in total. The van der Waals surface area contributed by atoms with Crippen molar-refractivity contribution in [3.63, 3.8) is 0 Å². The number of nitrogens with one attached hydrogen (secondary N) is 1. The molecule has 1 atom stereocenters. The Morgan fingerprint density at radius 1 is 1.46 bits per heavy atom. The molecule has 2 aromatic rings. The molecule has 2 N–H and O–H groups in total. The first-order valence-electron chi connectivity index (χ1n) is 8.72. The van der Waals surface area contributed by atoms with E-state index in [1.54, 1.807) is 0 Å². The molecule has 24 heavy (non-hydrogen) atoms. The molecular weight excluding hydrogens is 304 g/mol. The summed E-state index contributed by atoms with van der Waals surface area (Å²) in [5.74, 6) is -0.780. The van der Waals surface area contributed by atoms with Gasteiger partial charge in [-0.2, -0.15) is 0 Å². The van der Waals surface area contributed by atoms with E-state index in [2.05, 4.69) is 41.1 Å². The van der Waals surface area contributed by atoms with Gasteiger partial charge in [0.15, 0.2) is 0 Å². The molecule has 0 amide bonds. The second kappa shape index (κ2) is 5.90. The molecule has 4 rings (SSSR count). The van der Waals surface area contributed by atoms with Gasteiger partial charge < -0.3 is 14.8 Å². The van der Waals surface area contributed by atoms with Crippen molar-refractivity contribution in [2.75, 3.05) is 13.1 Å². The van der Waals surface area contributed by atoms with E-state index in [0.29, 0.717) is 6.54 Å². The molecule has 2 heterocycles. The minimum Gasteiger partial charge on any atom is -0.481 e. The van der Waals surface area contributed by atoms with Gasteiger partial charge in [0.25, 0.3) is 0 Å². The number of rotatable bonds is 4. The number of carboxylic acid groups (broad SMARTS) is 1. The Bertz CT molecular complexity index is 763. The Kier molecular flexibility index (Phi) is 3.85. The number of benzene rings is 1. The van der Waals surface area contributed by atoms with Gasteiger partial charge in [-0.15, -0.1) is 0 Å². The summed E-state index contributed by atoms with van der Waals surface area (Å²) in [7, 11) is 0. The van der Waals surface area contributed by atoms with Crippen LogP contribution in [0.4, 0.5) is 0 Å². The first-order valence-corrected chi connectivity index (χ1v) is 8.72. The quantitative estimate of drug-likeness (QED) is 0.905. The van der Waals surface area contributed by atoms with Gasteiger partial charge in [0.05, 0.1) is 18.1 Å². The van der Waals surface area contributed by atoms with E-state index < -0.39 is 5.97 Å². The number of hydrogen-bond acceptors (Lipinski definition) is 3. The van der Waals surface area contributed by atoms with Crippen LogP contribution in [0.15, 0.2) is 24.3 Å². The first-order chi connectivity index (χ1) is 11.5. The largest absolute Gasteiger partial charge is 0.481 e. The Balaban J connectivity index is 1.53. The summed E-state index contributed by atoms with van der Waals surface area (Å²) in [6, 6.07) is 8.52. The standard InChI is InChI=1S/C19H24N2O3/c1-13-4-2-5-17-16(13)8-14(20-17)10-21-11-15(9-18(22)23)24-19(12-21)6-3-7-19/h2,4-5,8,15,20H,3,6-7,9-12H2,1H3,(H,22,23). The third-order valence-corrected chi connectivity index (χ3v) is 5.39. The van der Waals surface area contributed by atoms with Crippen LogP contribution in [0.5, 0.6) is 0 Å². The number of aryl methyl sites for hydroxylation is 1. The van der Waals surface area contributed by atoms with Crippen molar-refractivity contribution in [3.05, 3.63) is 35.5 Å². The van der Waals surface area contributed by atoms with E-state index in [1.807, 2.05) is 0 Å². The van der Waals surface area contributed by atoms with E-state index in [1.165, 1.54) is 28.6 Å². The van der Waals surface area contributed by atoms with Crippen molar-refractivity contribution < 1.29 is 14.6 Å². The van der Waals surface area contributed by atoms with Gasteiger partial charge in [-0.25, -0.2) is 0 Å². The summed E-state index contributed by atoms with van der Waals surface area (Å²) in [5, 5.41) is 10.4. The number of fused-ring (bicyclic) bond motifs is 1. The highest BCUT2D eigenvalue weighted by atomic mass is 16.5. The molecule has 2 aliphatic rings. The van der Waals surface area contributed by atoms with E-state index in [4.69, 9.17) is 9.84 Å². The molecule has 1 saturated heterocycles. The van der Waals surface area contributed by atoms with E-state index in [0.717, 1.165) is 25.9 Å². The molecule has 1 spiro atoms. The lowest BCUT2D eigenvalue weighted by molar-refractivity contribution is -0.196.